The van der Waals surface area contributed by atoms with E-state index in [1.165, 1.54) is 0 Å². The first-order valence-corrected chi connectivity index (χ1v) is 4.35. The van der Waals surface area contributed by atoms with E-state index in [9.17, 15) is 0 Å². The van der Waals surface area contributed by atoms with E-state index in [0.29, 0.717) is 23.9 Å². The van der Waals surface area contributed by atoms with Gasteiger partial charge in [-0.05, 0) is 11.6 Å². The van der Waals surface area contributed by atoms with E-state index < -0.39 is 0 Å². The van der Waals surface area contributed by atoms with E-state index in [1.54, 1.807) is 12.3 Å². The molecule has 0 atom stereocenters. The lowest BCUT2D eigenvalue weighted by atomic mass is 10.2. The maximum atomic E-state index is 8.59. The zero-order chi connectivity index (χ0) is 9.68. The highest BCUT2D eigenvalue weighted by atomic mass is 35.5. The molecule has 0 spiro atoms. The van der Waals surface area contributed by atoms with Crippen LogP contribution in [0.3, 0.4) is 0 Å². The topological polar surface area (TPSA) is 71.2 Å². The highest BCUT2D eigenvalue weighted by Gasteiger charge is 2.04. The standard InChI is InChI=1S/C8H12ClN3O/c9-7-6(5-10)1-2-11-8(7)12-3-4-13/h1-2,13H,3-5,10H2,(H,11,12). The fourth-order valence-electron chi connectivity index (χ4n) is 0.939. The van der Waals surface area contributed by atoms with Crippen LogP contribution < -0.4 is 11.1 Å². The van der Waals surface area contributed by atoms with Crippen molar-refractivity contribution in [1.82, 2.24) is 4.98 Å². The Morgan fingerprint density at radius 1 is 1.62 bits per heavy atom. The fourth-order valence-corrected chi connectivity index (χ4v) is 1.19. The Morgan fingerprint density at radius 2 is 2.38 bits per heavy atom. The van der Waals surface area contributed by atoms with Crippen LogP contribution in [-0.2, 0) is 6.54 Å². The number of pyridine rings is 1. The Bertz CT molecular complexity index is 280. The van der Waals surface area contributed by atoms with E-state index in [4.69, 9.17) is 22.4 Å². The highest BCUT2D eigenvalue weighted by molar-refractivity contribution is 6.33. The molecular formula is C8H12ClN3O. The van der Waals surface area contributed by atoms with Crippen LogP contribution in [0.15, 0.2) is 12.3 Å². The van der Waals surface area contributed by atoms with Gasteiger partial charge in [0.2, 0.25) is 0 Å². The molecule has 0 aliphatic heterocycles. The van der Waals surface area contributed by atoms with Gasteiger partial charge in [-0.15, -0.1) is 0 Å². The fraction of sp³-hybridized carbons (Fsp3) is 0.375. The summed E-state index contributed by atoms with van der Waals surface area (Å²) in [6, 6.07) is 1.77. The van der Waals surface area contributed by atoms with Crippen LogP contribution >= 0.6 is 11.6 Å². The van der Waals surface area contributed by atoms with Gasteiger partial charge in [0.15, 0.2) is 0 Å². The zero-order valence-corrected chi connectivity index (χ0v) is 7.88. The third-order valence-corrected chi connectivity index (χ3v) is 2.02. The van der Waals surface area contributed by atoms with Gasteiger partial charge in [-0.25, -0.2) is 4.98 Å². The summed E-state index contributed by atoms with van der Waals surface area (Å²) in [4.78, 5) is 4.01. The monoisotopic (exact) mass is 201 g/mol. The third-order valence-electron chi connectivity index (χ3n) is 1.59. The van der Waals surface area contributed by atoms with Crippen molar-refractivity contribution >= 4 is 17.4 Å². The predicted octanol–water partition coefficient (Wildman–Crippen LogP) is 0.598. The average molecular weight is 202 g/mol. The van der Waals surface area contributed by atoms with Gasteiger partial charge < -0.3 is 16.2 Å². The molecule has 0 aliphatic carbocycles. The molecule has 0 saturated carbocycles. The maximum absolute atomic E-state index is 8.59. The summed E-state index contributed by atoms with van der Waals surface area (Å²) in [5.41, 5.74) is 6.30. The molecule has 0 aliphatic rings. The zero-order valence-electron chi connectivity index (χ0n) is 7.13. The largest absolute Gasteiger partial charge is 0.395 e. The van der Waals surface area contributed by atoms with Crippen molar-refractivity contribution in [2.24, 2.45) is 5.73 Å². The van der Waals surface area contributed by atoms with Gasteiger partial charge in [0.05, 0.1) is 11.6 Å². The molecule has 0 amide bonds. The van der Waals surface area contributed by atoms with E-state index in [0.717, 1.165) is 5.56 Å². The van der Waals surface area contributed by atoms with E-state index in [2.05, 4.69) is 10.3 Å². The van der Waals surface area contributed by atoms with E-state index in [-0.39, 0.29) is 6.61 Å². The second kappa shape index (κ2) is 5.01. The first-order chi connectivity index (χ1) is 6.29. The van der Waals surface area contributed by atoms with Crippen molar-refractivity contribution < 1.29 is 5.11 Å². The predicted molar refractivity (Wildman–Crippen MR) is 52.7 cm³/mol. The third kappa shape index (κ3) is 2.55. The highest BCUT2D eigenvalue weighted by Crippen LogP contribution is 2.22. The van der Waals surface area contributed by atoms with Crippen LogP contribution in [0.25, 0.3) is 0 Å². The van der Waals surface area contributed by atoms with Crippen LogP contribution in [0.2, 0.25) is 5.02 Å². The van der Waals surface area contributed by atoms with Crippen LogP contribution in [0.5, 0.6) is 0 Å². The number of anilines is 1. The Hall–Kier alpha value is -0.840. The Labute approximate surface area is 81.7 Å². The number of hydrogen-bond acceptors (Lipinski definition) is 4. The van der Waals surface area contributed by atoms with Crippen molar-refractivity contribution in [3.8, 4) is 0 Å². The number of aliphatic hydroxyl groups is 1. The molecule has 0 bridgehead atoms. The molecule has 0 aromatic carbocycles. The minimum Gasteiger partial charge on any atom is -0.395 e. The molecular weight excluding hydrogens is 190 g/mol. The van der Waals surface area contributed by atoms with Crippen molar-refractivity contribution in [1.29, 1.82) is 0 Å². The number of halogens is 1. The van der Waals surface area contributed by atoms with Gasteiger partial charge in [0.1, 0.15) is 5.82 Å². The average Bonchev–Trinajstić information content (AvgIpc) is 2.16. The molecule has 1 rings (SSSR count). The summed E-state index contributed by atoms with van der Waals surface area (Å²) in [5.74, 6) is 0.568. The smallest absolute Gasteiger partial charge is 0.145 e. The number of nitrogens with one attached hydrogen (secondary N) is 1. The summed E-state index contributed by atoms with van der Waals surface area (Å²) in [6.07, 6.45) is 1.63. The number of rotatable bonds is 4. The number of aromatic nitrogens is 1. The second-order valence-electron chi connectivity index (χ2n) is 2.49. The van der Waals surface area contributed by atoms with Crippen molar-refractivity contribution in [3.63, 3.8) is 0 Å². The lowest BCUT2D eigenvalue weighted by Gasteiger charge is -2.07. The van der Waals surface area contributed by atoms with Gasteiger partial charge in [-0.1, -0.05) is 11.6 Å². The summed E-state index contributed by atoms with van der Waals surface area (Å²) in [7, 11) is 0. The van der Waals surface area contributed by atoms with Gasteiger partial charge in [-0.2, -0.15) is 0 Å². The van der Waals surface area contributed by atoms with Crippen molar-refractivity contribution in [2.45, 2.75) is 6.54 Å². The normalized spacial score (nSPS) is 10.1. The SMILES string of the molecule is NCc1ccnc(NCCO)c1Cl. The summed E-state index contributed by atoms with van der Waals surface area (Å²) < 4.78 is 0. The van der Waals surface area contributed by atoms with Gasteiger partial charge in [0, 0.05) is 19.3 Å². The molecule has 13 heavy (non-hydrogen) atoms. The van der Waals surface area contributed by atoms with E-state index >= 15 is 0 Å². The number of hydrogen-bond donors (Lipinski definition) is 3. The number of aliphatic hydroxyl groups excluding tert-OH is 1. The quantitative estimate of drug-likeness (QED) is 0.667. The lowest BCUT2D eigenvalue weighted by molar-refractivity contribution is 0.311. The molecule has 0 radical (unpaired) electrons. The molecule has 5 heteroatoms. The first kappa shape index (κ1) is 10.2. The molecule has 4 nitrogen and oxygen atoms in total. The molecule has 1 aromatic rings. The molecule has 0 fully saturated rings. The summed E-state index contributed by atoms with van der Waals surface area (Å²) >= 11 is 5.96. The van der Waals surface area contributed by atoms with Crippen molar-refractivity contribution in [2.75, 3.05) is 18.5 Å². The second-order valence-corrected chi connectivity index (χ2v) is 2.87. The van der Waals surface area contributed by atoms with Crippen molar-refractivity contribution in [3.05, 3.63) is 22.8 Å². The van der Waals surface area contributed by atoms with Crippen LogP contribution in [0.1, 0.15) is 5.56 Å². The number of nitrogens with zero attached hydrogens (tertiary/aromatic N) is 1. The minimum atomic E-state index is 0.0465. The van der Waals surface area contributed by atoms with Crippen LogP contribution in [0, 0.1) is 0 Å². The Kier molecular flexibility index (Phi) is 3.95. The molecule has 0 saturated heterocycles. The van der Waals surface area contributed by atoms with Gasteiger partial charge >= 0.3 is 0 Å². The van der Waals surface area contributed by atoms with Gasteiger partial charge in [-0.3, -0.25) is 0 Å². The molecule has 1 heterocycles. The minimum absolute atomic E-state index is 0.0465. The Morgan fingerprint density at radius 3 is 3.00 bits per heavy atom. The first-order valence-electron chi connectivity index (χ1n) is 3.97. The van der Waals surface area contributed by atoms with Crippen LogP contribution in [-0.4, -0.2) is 23.2 Å². The van der Waals surface area contributed by atoms with E-state index in [1.807, 2.05) is 0 Å². The summed E-state index contributed by atoms with van der Waals surface area (Å²) in [6.45, 7) is 0.862. The maximum Gasteiger partial charge on any atom is 0.145 e. The lowest BCUT2D eigenvalue weighted by Crippen LogP contribution is -2.08. The Balaban J connectivity index is 2.81. The number of nitrogens with two attached hydrogens (primary N) is 1. The van der Waals surface area contributed by atoms with Crippen LogP contribution in [0.4, 0.5) is 5.82 Å². The summed E-state index contributed by atoms with van der Waals surface area (Å²) in [5, 5.41) is 12.0. The molecule has 4 N–H and O–H groups in total. The van der Waals surface area contributed by atoms with Gasteiger partial charge in [0.25, 0.3) is 0 Å². The molecule has 72 valence electrons. The molecule has 1 aromatic heterocycles. The molecule has 0 unspecified atom stereocenters.